The molecule has 2 nitrogen and oxygen atoms in total. The van der Waals surface area contributed by atoms with Crippen molar-refractivity contribution in [1.82, 2.24) is 0 Å². The maximum Gasteiger partial charge on any atom is 0.328 e. The van der Waals surface area contributed by atoms with Gasteiger partial charge in [-0.05, 0) is 28.5 Å². The molecule has 0 aromatic heterocycles. The van der Waals surface area contributed by atoms with Crippen molar-refractivity contribution in [3.05, 3.63) is 41.5 Å². The lowest BCUT2D eigenvalue weighted by molar-refractivity contribution is -0.131. The van der Waals surface area contributed by atoms with Crippen molar-refractivity contribution in [3.8, 4) is 0 Å². The van der Waals surface area contributed by atoms with Gasteiger partial charge in [-0.25, -0.2) is 4.79 Å². The number of hydrogen-bond donors (Lipinski definition) is 1. The topological polar surface area (TPSA) is 37.3 Å². The lowest BCUT2D eigenvalue weighted by atomic mass is 9.86. The number of carboxylic acid groups (broad SMARTS) is 1. The molecule has 0 bridgehead atoms. The summed E-state index contributed by atoms with van der Waals surface area (Å²) in [5.41, 5.74) is 3.32. The van der Waals surface area contributed by atoms with E-state index in [-0.39, 0.29) is 5.41 Å². The van der Waals surface area contributed by atoms with Crippen LogP contribution in [0.2, 0.25) is 0 Å². The standard InChI is InChI=1S/C13H14O2/c1-13(2)8-9(7-12(14)15)10-5-3-4-6-11(10)13/h3-7H,8H2,1-2H3,(H,14,15)/b9-7+. The Labute approximate surface area is 89.2 Å². The molecule has 0 radical (unpaired) electrons. The lowest BCUT2D eigenvalue weighted by Crippen LogP contribution is -2.11. The summed E-state index contributed by atoms with van der Waals surface area (Å²) >= 11 is 0. The third kappa shape index (κ3) is 1.67. The zero-order valence-corrected chi connectivity index (χ0v) is 8.95. The van der Waals surface area contributed by atoms with E-state index in [1.807, 2.05) is 18.2 Å². The van der Waals surface area contributed by atoms with Gasteiger partial charge in [-0.15, -0.1) is 0 Å². The average Bonchev–Trinajstić information content (AvgIpc) is 2.39. The molecule has 0 heterocycles. The summed E-state index contributed by atoms with van der Waals surface area (Å²) in [4.78, 5) is 10.7. The molecule has 78 valence electrons. The number of allylic oxidation sites excluding steroid dienone is 1. The lowest BCUT2D eigenvalue weighted by Gasteiger charge is -2.17. The molecule has 0 aliphatic heterocycles. The van der Waals surface area contributed by atoms with E-state index in [1.165, 1.54) is 11.6 Å². The first-order chi connectivity index (χ1) is 7.00. The summed E-state index contributed by atoms with van der Waals surface area (Å²) < 4.78 is 0. The minimum Gasteiger partial charge on any atom is -0.478 e. The second-order valence-corrected chi connectivity index (χ2v) is 4.61. The summed E-state index contributed by atoms with van der Waals surface area (Å²) in [6.07, 6.45) is 2.13. The molecule has 1 aromatic rings. The van der Waals surface area contributed by atoms with Crippen LogP contribution in [-0.4, -0.2) is 11.1 Å². The van der Waals surface area contributed by atoms with Crippen LogP contribution in [-0.2, 0) is 10.2 Å². The third-order valence-corrected chi connectivity index (χ3v) is 2.93. The fraction of sp³-hybridized carbons (Fsp3) is 0.308. The number of rotatable bonds is 1. The van der Waals surface area contributed by atoms with Crippen LogP contribution in [0.3, 0.4) is 0 Å². The zero-order chi connectivity index (χ0) is 11.1. The molecular formula is C13H14O2. The Hall–Kier alpha value is -1.57. The van der Waals surface area contributed by atoms with Crippen molar-refractivity contribution in [2.75, 3.05) is 0 Å². The largest absolute Gasteiger partial charge is 0.478 e. The Kier molecular flexibility index (Phi) is 2.14. The van der Waals surface area contributed by atoms with Gasteiger partial charge in [0.25, 0.3) is 0 Å². The molecule has 0 saturated heterocycles. The van der Waals surface area contributed by atoms with Gasteiger partial charge in [0.05, 0.1) is 0 Å². The maximum atomic E-state index is 10.7. The molecule has 0 atom stereocenters. The molecule has 0 amide bonds. The van der Waals surface area contributed by atoms with Crippen molar-refractivity contribution >= 4 is 11.5 Å². The Morgan fingerprint density at radius 3 is 2.73 bits per heavy atom. The highest BCUT2D eigenvalue weighted by molar-refractivity contribution is 5.92. The Morgan fingerprint density at radius 2 is 2.07 bits per heavy atom. The molecular weight excluding hydrogens is 188 g/mol. The molecule has 0 saturated carbocycles. The predicted molar refractivity (Wildman–Crippen MR) is 59.7 cm³/mol. The molecule has 1 N–H and O–H groups in total. The highest BCUT2D eigenvalue weighted by Crippen LogP contribution is 2.44. The van der Waals surface area contributed by atoms with Crippen molar-refractivity contribution in [2.24, 2.45) is 0 Å². The van der Waals surface area contributed by atoms with Crippen molar-refractivity contribution < 1.29 is 9.90 Å². The number of carbonyl (C=O) groups is 1. The fourth-order valence-electron chi connectivity index (χ4n) is 2.30. The zero-order valence-electron chi connectivity index (χ0n) is 8.95. The first-order valence-corrected chi connectivity index (χ1v) is 5.04. The van der Waals surface area contributed by atoms with E-state index in [9.17, 15) is 4.79 Å². The van der Waals surface area contributed by atoms with E-state index in [4.69, 9.17) is 5.11 Å². The van der Waals surface area contributed by atoms with E-state index >= 15 is 0 Å². The van der Waals surface area contributed by atoms with Crippen molar-refractivity contribution in [3.63, 3.8) is 0 Å². The van der Waals surface area contributed by atoms with Gasteiger partial charge in [0, 0.05) is 6.08 Å². The fourth-order valence-corrected chi connectivity index (χ4v) is 2.30. The summed E-state index contributed by atoms with van der Waals surface area (Å²) in [6.45, 7) is 4.29. The van der Waals surface area contributed by atoms with Gasteiger partial charge in [0.15, 0.2) is 0 Å². The molecule has 0 fully saturated rings. The van der Waals surface area contributed by atoms with Crippen LogP contribution in [0.5, 0.6) is 0 Å². The van der Waals surface area contributed by atoms with Gasteiger partial charge in [-0.2, -0.15) is 0 Å². The second kappa shape index (κ2) is 3.23. The minimum absolute atomic E-state index is 0.0534. The molecule has 0 unspecified atom stereocenters. The van der Waals surface area contributed by atoms with Crippen molar-refractivity contribution in [1.29, 1.82) is 0 Å². The van der Waals surface area contributed by atoms with Crippen molar-refractivity contribution in [2.45, 2.75) is 25.7 Å². The van der Waals surface area contributed by atoms with Crippen LogP contribution in [0, 0.1) is 0 Å². The highest BCUT2D eigenvalue weighted by Gasteiger charge is 2.32. The maximum absolute atomic E-state index is 10.7. The Balaban J connectivity index is 2.57. The van der Waals surface area contributed by atoms with Crippen LogP contribution in [0.25, 0.3) is 5.57 Å². The van der Waals surface area contributed by atoms with E-state index < -0.39 is 5.97 Å². The van der Waals surface area contributed by atoms with Gasteiger partial charge in [-0.3, -0.25) is 0 Å². The third-order valence-electron chi connectivity index (χ3n) is 2.93. The predicted octanol–water partition coefficient (Wildman–Crippen LogP) is 2.84. The SMILES string of the molecule is CC1(C)C/C(=C\C(=O)O)c2ccccc21. The van der Waals surface area contributed by atoms with E-state index in [2.05, 4.69) is 19.9 Å². The summed E-state index contributed by atoms with van der Waals surface area (Å²) in [6, 6.07) is 8.04. The Morgan fingerprint density at radius 1 is 1.40 bits per heavy atom. The highest BCUT2D eigenvalue weighted by atomic mass is 16.4. The minimum atomic E-state index is -0.863. The smallest absolute Gasteiger partial charge is 0.328 e. The molecule has 2 heteroatoms. The quantitative estimate of drug-likeness (QED) is 0.711. The van der Waals surface area contributed by atoms with Crippen LogP contribution in [0.15, 0.2) is 30.3 Å². The van der Waals surface area contributed by atoms with Gasteiger partial charge in [-0.1, -0.05) is 38.1 Å². The summed E-state index contributed by atoms with van der Waals surface area (Å²) in [5.74, 6) is -0.863. The van der Waals surface area contributed by atoms with E-state index in [1.54, 1.807) is 0 Å². The summed E-state index contributed by atoms with van der Waals surface area (Å²) in [5, 5.41) is 8.79. The van der Waals surface area contributed by atoms with Crippen LogP contribution < -0.4 is 0 Å². The van der Waals surface area contributed by atoms with Crippen LogP contribution in [0.4, 0.5) is 0 Å². The van der Waals surface area contributed by atoms with Gasteiger partial charge in [0.1, 0.15) is 0 Å². The molecule has 1 aromatic carbocycles. The van der Waals surface area contributed by atoms with Crippen LogP contribution in [0.1, 0.15) is 31.4 Å². The molecule has 0 spiro atoms. The van der Waals surface area contributed by atoms with Gasteiger partial charge in [0.2, 0.25) is 0 Å². The number of hydrogen-bond acceptors (Lipinski definition) is 1. The Bertz CT molecular complexity index is 442. The van der Waals surface area contributed by atoms with E-state index in [0.29, 0.717) is 0 Å². The van der Waals surface area contributed by atoms with Crippen LogP contribution >= 0.6 is 0 Å². The van der Waals surface area contributed by atoms with Gasteiger partial charge < -0.3 is 5.11 Å². The molecule has 15 heavy (non-hydrogen) atoms. The normalized spacial score (nSPS) is 20.3. The van der Waals surface area contributed by atoms with E-state index in [0.717, 1.165) is 17.6 Å². The first kappa shape index (κ1) is 9.97. The number of aliphatic carboxylic acids is 1. The number of benzene rings is 1. The number of carboxylic acids is 1. The molecule has 1 aliphatic rings. The monoisotopic (exact) mass is 202 g/mol. The molecule has 2 rings (SSSR count). The second-order valence-electron chi connectivity index (χ2n) is 4.61. The number of fused-ring (bicyclic) bond motifs is 1. The molecule has 1 aliphatic carbocycles. The summed E-state index contributed by atoms with van der Waals surface area (Å²) in [7, 11) is 0. The first-order valence-electron chi connectivity index (χ1n) is 5.04. The average molecular weight is 202 g/mol. The van der Waals surface area contributed by atoms with Gasteiger partial charge >= 0.3 is 5.97 Å².